The number of rotatable bonds is 3. The summed E-state index contributed by atoms with van der Waals surface area (Å²) in [7, 11) is 0. The van der Waals surface area contributed by atoms with Crippen molar-refractivity contribution in [1.29, 1.82) is 0 Å². The summed E-state index contributed by atoms with van der Waals surface area (Å²) < 4.78 is 1.02. The van der Waals surface area contributed by atoms with Gasteiger partial charge in [-0.1, -0.05) is 28.4 Å². The van der Waals surface area contributed by atoms with Crippen LogP contribution in [0.1, 0.15) is 31.7 Å². The van der Waals surface area contributed by atoms with Crippen LogP contribution in [0.15, 0.2) is 22.7 Å². The van der Waals surface area contributed by atoms with Gasteiger partial charge in [0, 0.05) is 16.2 Å². The molecule has 1 aliphatic heterocycles. The van der Waals surface area contributed by atoms with E-state index >= 15 is 0 Å². The predicted molar refractivity (Wildman–Crippen MR) is 82.4 cm³/mol. The predicted octanol–water partition coefficient (Wildman–Crippen LogP) is 3.57. The van der Waals surface area contributed by atoms with E-state index in [0.29, 0.717) is 12.6 Å². The van der Waals surface area contributed by atoms with Crippen LogP contribution in [0, 0.1) is 6.92 Å². The molecule has 1 N–H and O–H groups in total. The smallest absolute Gasteiger partial charge is 0.238 e. The van der Waals surface area contributed by atoms with Crippen molar-refractivity contribution < 1.29 is 4.79 Å². The molecule has 19 heavy (non-hydrogen) atoms. The molecule has 2 rings (SSSR count). The number of nitrogens with zero attached hydrogens (tertiary/aromatic N) is 1. The number of amides is 1. The Morgan fingerprint density at radius 3 is 2.95 bits per heavy atom. The van der Waals surface area contributed by atoms with Crippen LogP contribution in [-0.4, -0.2) is 29.9 Å². The highest BCUT2D eigenvalue weighted by Crippen LogP contribution is 2.21. The van der Waals surface area contributed by atoms with E-state index in [1.807, 2.05) is 25.1 Å². The second kappa shape index (κ2) is 6.53. The first-order chi connectivity index (χ1) is 9.06. The lowest BCUT2D eigenvalue weighted by atomic mass is 10.0. The van der Waals surface area contributed by atoms with Gasteiger partial charge in [0.05, 0.1) is 6.54 Å². The van der Waals surface area contributed by atoms with E-state index in [4.69, 9.17) is 0 Å². The van der Waals surface area contributed by atoms with Crippen LogP contribution < -0.4 is 5.32 Å². The van der Waals surface area contributed by atoms with Gasteiger partial charge in [-0.05, 0) is 50.9 Å². The lowest BCUT2D eigenvalue weighted by Gasteiger charge is -2.32. The zero-order valence-corrected chi connectivity index (χ0v) is 13.2. The molecule has 1 heterocycles. The van der Waals surface area contributed by atoms with Gasteiger partial charge in [0.15, 0.2) is 0 Å². The third-order valence-corrected chi connectivity index (χ3v) is 4.60. The van der Waals surface area contributed by atoms with Crippen molar-refractivity contribution in [2.24, 2.45) is 0 Å². The lowest BCUT2D eigenvalue weighted by molar-refractivity contribution is -0.118. The van der Waals surface area contributed by atoms with Gasteiger partial charge < -0.3 is 5.32 Å². The molecule has 0 radical (unpaired) electrons. The van der Waals surface area contributed by atoms with Crippen LogP contribution in [-0.2, 0) is 4.79 Å². The largest absolute Gasteiger partial charge is 0.325 e. The molecule has 0 aliphatic carbocycles. The first kappa shape index (κ1) is 14.5. The monoisotopic (exact) mass is 324 g/mol. The highest BCUT2D eigenvalue weighted by Gasteiger charge is 2.20. The number of hydrogen-bond donors (Lipinski definition) is 1. The van der Waals surface area contributed by atoms with Gasteiger partial charge in [-0.2, -0.15) is 0 Å². The number of carbonyl (C=O) groups excluding carboxylic acids is 1. The van der Waals surface area contributed by atoms with Crippen molar-refractivity contribution in [2.75, 3.05) is 18.4 Å². The van der Waals surface area contributed by atoms with E-state index in [2.05, 4.69) is 33.1 Å². The fourth-order valence-electron chi connectivity index (χ4n) is 2.45. The van der Waals surface area contributed by atoms with Crippen LogP contribution >= 0.6 is 15.9 Å². The summed E-state index contributed by atoms with van der Waals surface area (Å²) in [5.74, 6) is 0.0736. The van der Waals surface area contributed by atoms with E-state index in [-0.39, 0.29) is 5.91 Å². The molecule has 1 atom stereocenters. The lowest BCUT2D eigenvalue weighted by Crippen LogP contribution is -2.42. The highest BCUT2D eigenvalue weighted by atomic mass is 79.9. The molecule has 4 heteroatoms. The van der Waals surface area contributed by atoms with Crippen molar-refractivity contribution in [3.63, 3.8) is 0 Å². The minimum atomic E-state index is 0.0736. The minimum absolute atomic E-state index is 0.0736. The summed E-state index contributed by atoms with van der Waals surface area (Å²) in [5.41, 5.74) is 2.02. The Labute approximate surface area is 123 Å². The molecule has 0 unspecified atom stereocenters. The number of likely N-dealkylation sites (tertiary alicyclic amines) is 1. The van der Waals surface area contributed by atoms with Crippen LogP contribution in [0.3, 0.4) is 0 Å². The quantitative estimate of drug-likeness (QED) is 0.921. The van der Waals surface area contributed by atoms with E-state index in [1.54, 1.807) is 0 Å². The second-order valence-electron chi connectivity index (χ2n) is 5.33. The molecule has 1 amide bonds. The second-order valence-corrected chi connectivity index (χ2v) is 6.18. The number of piperidine rings is 1. The van der Waals surface area contributed by atoms with Crippen molar-refractivity contribution in [3.05, 3.63) is 28.2 Å². The third-order valence-electron chi connectivity index (χ3n) is 3.74. The van der Waals surface area contributed by atoms with Gasteiger partial charge in [-0.3, -0.25) is 9.69 Å². The van der Waals surface area contributed by atoms with Crippen molar-refractivity contribution in [2.45, 2.75) is 39.2 Å². The fraction of sp³-hybridized carbons (Fsp3) is 0.533. The van der Waals surface area contributed by atoms with Crippen molar-refractivity contribution in [1.82, 2.24) is 4.90 Å². The van der Waals surface area contributed by atoms with Gasteiger partial charge in [-0.15, -0.1) is 0 Å². The Hall–Kier alpha value is -0.870. The topological polar surface area (TPSA) is 32.3 Å². The van der Waals surface area contributed by atoms with Crippen LogP contribution in [0.2, 0.25) is 0 Å². The van der Waals surface area contributed by atoms with Gasteiger partial charge >= 0.3 is 0 Å². The first-order valence-corrected chi connectivity index (χ1v) is 7.65. The zero-order chi connectivity index (χ0) is 13.8. The summed E-state index contributed by atoms with van der Waals surface area (Å²) in [4.78, 5) is 14.3. The normalized spacial score (nSPS) is 20.3. The molecule has 1 aliphatic rings. The molecule has 1 aromatic rings. The minimum Gasteiger partial charge on any atom is -0.325 e. The number of nitrogens with one attached hydrogen (secondary N) is 1. The molecule has 1 aromatic carbocycles. The number of hydrogen-bond acceptors (Lipinski definition) is 2. The molecule has 3 nitrogen and oxygen atoms in total. The standard InChI is InChI=1S/C15H21BrN2O/c1-11-6-7-13(9-14(11)16)17-15(19)10-18-8-4-3-5-12(18)2/h6-7,9,12H,3-5,8,10H2,1-2H3,(H,17,19)/t12-/m1/s1. The summed E-state index contributed by atoms with van der Waals surface area (Å²) >= 11 is 3.48. The molecule has 0 saturated carbocycles. The maximum Gasteiger partial charge on any atom is 0.238 e. The molecular weight excluding hydrogens is 304 g/mol. The first-order valence-electron chi connectivity index (χ1n) is 6.86. The molecule has 0 spiro atoms. The van der Waals surface area contributed by atoms with E-state index in [1.165, 1.54) is 24.8 Å². The summed E-state index contributed by atoms with van der Waals surface area (Å²) in [6.07, 6.45) is 3.68. The highest BCUT2D eigenvalue weighted by molar-refractivity contribution is 9.10. The molecule has 1 fully saturated rings. The maximum absolute atomic E-state index is 12.1. The van der Waals surface area contributed by atoms with Crippen LogP contribution in [0.5, 0.6) is 0 Å². The van der Waals surface area contributed by atoms with E-state index in [9.17, 15) is 4.79 Å². The molecule has 0 aromatic heterocycles. The summed E-state index contributed by atoms with van der Waals surface area (Å²) in [6.45, 7) is 5.76. The van der Waals surface area contributed by atoms with Gasteiger partial charge in [-0.25, -0.2) is 0 Å². The van der Waals surface area contributed by atoms with E-state index < -0.39 is 0 Å². The van der Waals surface area contributed by atoms with Gasteiger partial charge in [0.25, 0.3) is 0 Å². The molecular formula is C15H21BrN2O. The number of anilines is 1. The van der Waals surface area contributed by atoms with Gasteiger partial charge in [0.2, 0.25) is 5.91 Å². The van der Waals surface area contributed by atoms with Crippen LogP contribution in [0.25, 0.3) is 0 Å². The van der Waals surface area contributed by atoms with Crippen molar-refractivity contribution >= 4 is 27.5 Å². The molecule has 0 bridgehead atoms. The number of halogens is 1. The Morgan fingerprint density at radius 2 is 2.26 bits per heavy atom. The fourth-order valence-corrected chi connectivity index (χ4v) is 2.83. The Kier molecular flexibility index (Phi) is 4.99. The van der Waals surface area contributed by atoms with E-state index in [0.717, 1.165) is 16.7 Å². The number of carbonyl (C=O) groups is 1. The Morgan fingerprint density at radius 1 is 1.47 bits per heavy atom. The SMILES string of the molecule is Cc1ccc(NC(=O)CN2CCCC[C@H]2C)cc1Br. The third kappa shape index (κ3) is 4.05. The van der Waals surface area contributed by atoms with Gasteiger partial charge in [0.1, 0.15) is 0 Å². The average molecular weight is 325 g/mol. The maximum atomic E-state index is 12.1. The number of aryl methyl sites for hydroxylation is 1. The average Bonchev–Trinajstić information content (AvgIpc) is 2.37. The van der Waals surface area contributed by atoms with Crippen molar-refractivity contribution in [3.8, 4) is 0 Å². The Bertz CT molecular complexity index is 461. The summed E-state index contributed by atoms with van der Waals surface area (Å²) in [6, 6.07) is 6.41. The molecule has 1 saturated heterocycles. The Balaban J connectivity index is 1.91. The van der Waals surface area contributed by atoms with Crippen LogP contribution in [0.4, 0.5) is 5.69 Å². The zero-order valence-electron chi connectivity index (χ0n) is 11.6. The molecule has 104 valence electrons. The number of benzene rings is 1. The summed E-state index contributed by atoms with van der Waals surface area (Å²) in [5, 5.41) is 2.97.